The third-order valence-corrected chi connectivity index (χ3v) is 4.63. The second kappa shape index (κ2) is 5.91. The molecule has 102 valence electrons. The first kappa shape index (κ1) is 13.5. The number of hydrogen-bond acceptors (Lipinski definition) is 4. The summed E-state index contributed by atoms with van der Waals surface area (Å²) in [4.78, 5) is 4.56. The van der Waals surface area contributed by atoms with E-state index in [1.165, 1.54) is 6.07 Å². The van der Waals surface area contributed by atoms with Gasteiger partial charge in [0, 0.05) is 22.0 Å². The van der Waals surface area contributed by atoms with Gasteiger partial charge in [-0.2, -0.15) is 11.3 Å². The first-order chi connectivity index (χ1) is 9.72. The van der Waals surface area contributed by atoms with Gasteiger partial charge in [0.2, 0.25) is 0 Å². The van der Waals surface area contributed by atoms with Crippen molar-refractivity contribution < 1.29 is 4.39 Å². The monoisotopic (exact) mass is 324 g/mol. The topological polar surface area (TPSA) is 24.9 Å². The fraction of sp³-hybridized carbons (Fsp3) is 0.0714. The van der Waals surface area contributed by atoms with Crippen LogP contribution in [0.15, 0.2) is 40.4 Å². The molecular weight excluding hydrogens is 315 g/mol. The number of anilines is 1. The molecule has 0 atom stereocenters. The summed E-state index contributed by atoms with van der Waals surface area (Å²) in [6.07, 6.45) is 0. The van der Waals surface area contributed by atoms with Crippen LogP contribution in [0, 0.1) is 5.82 Å². The lowest BCUT2D eigenvalue weighted by Crippen LogP contribution is -1.99. The van der Waals surface area contributed by atoms with Gasteiger partial charge < -0.3 is 5.32 Å². The Labute approximate surface area is 128 Å². The second-order valence-corrected chi connectivity index (χ2v) is 6.18. The van der Waals surface area contributed by atoms with Gasteiger partial charge in [-0.25, -0.2) is 9.37 Å². The molecule has 0 bridgehead atoms. The van der Waals surface area contributed by atoms with E-state index in [1.54, 1.807) is 34.8 Å². The molecule has 0 aliphatic carbocycles. The van der Waals surface area contributed by atoms with Gasteiger partial charge in [-0.05, 0) is 29.6 Å². The van der Waals surface area contributed by atoms with Crippen molar-refractivity contribution in [3.63, 3.8) is 0 Å². The Balaban J connectivity index is 1.68. The Morgan fingerprint density at radius 1 is 1.25 bits per heavy atom. The maximum atomic E-state index is 13.1. The molecule has 0 saturated carbocycles. The number of benzene rings is 1. The van der Waals surface area contributed by atoms with Crippen LogP contribution >= 0.6 is 34.3 Å². The van der Waals surface area contributed by atoms with E-state index in [0.717, 1.165) is 22.0 Å². The van der Waals surface area contributed by atoms with Crippen molar-refractivity contribution in [2.75, 3.05) is 5.32 Å². The van der Waals surface area contributed by atoms with Crippen LogP contribution in [0.5, 0.6) is 0 Å². The highest BCUT2D eigenvalue weighted by Gasteiger charge is 2.06. The van der Waals surface area contributed by atoms with Crippen molar-refractivity contribution in [3.8, 4) is 10.6 Å². The van der Waals surface area contributed by atoms with Gasteiger partial charge in [-0.3, -0.25) is 0 Å². The van der Waals surface area contributed by atoms with Crippen LogP contribution in [0.4, 0.5) is 10.1 Å². The van der Waals surface area contributed by atoms with E-state index in [0.29, 0.717) is 6.54 Å². The standard InChI is InChI=1S/C14H10ClFN2S2/c15-12-5-10(1-2-13(12)16)17-6-11-8-20-14(18-11)9-3-4-19-7-9/h1-5,7-8,17H,6H2. The Kier molecular flexibility index (Phi) is 4.00. The van der Waals surface area contributed by atoms with Crippen LogP contribution < -0.4 is 5.32 Å². The lowest BCUT2D eigenvalue weighted by atomic mass is 10.3. The number of halogens is 2. The average Bonchev–Trinajstić information content (AvgIpc) is 3.09. The minimum Gasteiger partial charge on any atom is -0.379 e. The van der Waals surface area contributed by atoms with Crippen LogP contribution in [-0.2, 0) is 6.54 Å². The molecule has 0 saturated heterocycles. The number of nitrogens with zero attached hydrogens (tertiary/aromatic N) is 1. The third-order valence-electron chi connectivity index (χ3n) is 2.71. The number of thiophene rings is 1. The van der Waals surface area contributed by atoms with E-state index >= 15 is 0 Å². The molecule has 0 radical (unpaired) electrons. The highest BCUT2D eigenvalue weighted by Crippen LogP contribution is 2.26. The molecular formula is C14H10ClFN2S2. The summed E-state index contributed by atoms with van der Waals surface area (Å²) in [7, 11) is 0. The first-order valence-corrected chi connectivity index (χ1v) is 8.08. The average molecular weight is 325 g/mol. The largest absolute Gasteiger partial charge is 0.379 e. The molecule has 2 heterocycles. The molecule has 3 aromatic rings. The van der Waals surface area contributed by atoms with Gasteiger partial charge in [-0.15, -0.1) is 11.3 Å². The fourth-order valence-electron chi connectivity index (χ4n) is 1.71. The highest BCUT2D eigenvalue weighted by molar-refractivity contribution is 7.14. The minimum absolute atomic E-state index is 0.118. The zero-order valence-corrected chi connectivity index (χ0v) is 12.7. The normalized spacial score (nSPS) is 10.7. The first-order valence-electron chi connectivity index (χ1n) is 5.88. The Bertz CT molecular complexity index is 710. The zero-order valence-electron chi connectivity index (χ0n) is 10.3. The molecule has 2 nitrogen and oxygen atoms in total. The van der Waals surface area contributed by atoms with E-state index in [2.05, 4.69) is 21.7 Å². The molecule has 0 amide bonds. The smallest absolute Gasteiger partial charge is 0.141 e. The molecule has 2 aromatic heterocycles. The van der Waals surface area contributed by atoms with Crippen LogP contribution in [0.3, 0.4) is 0 Å². The third kappa shape index (κ3) is 3.00. The molecule has 0 aliphatic heterocycles. The predicted molar refractivity (Wildman–Crippen MR) is 84.2 cm³/mol. The zero-order chi connectivity index (χ0) is 13.9. The Hall–Kier alpha value is -1.43. The molecule has 0 aliphatic rings. The van der Waals surface area contributed by atoms with Gasteiger partial charge in [-0.1, -0.05) is 11.6 Å². The number of aromatic nitrogens is 1. The van der Waals surface area contributed by atoms with Gasteiger partial charge in [0.25, 0.3) is 0 Å². The van der Waals surface area contributed by atoms with Gasteiger partial charge in [0.1, 0.15) is 10.8 Å². The molecule has 1 N–H and O–H groups in total. The number of thiazole rings is 1. The van der Waals surface area contributed by atoms with Crippen molar-refractivity contribution in [3.05, 3.63) is 56.9 Å². The molecule has 6 heteroatoms. The molecule has 3 rings (SSSR count). The van der Waals surface area contributed by atoms with E-state index in [-0.39, 0.29) is 5.02 Å². The summed E-state index contributed by atoms with van der Waals surface area (Å²) in [5, 5.41) is 10.5. The van der Waals surface area contributed by atoms with Crippen molar-refractivity contribution in [2.24, 2.45) is 0 Å². The van der Waals surface area contributed by atoms with E-state index in [1.807, 2.05) is 10.8 Å². The number of hydrogen-bond donors (Lipinski definition) is 1. The lowest BCUT2D eigenvalue weighted by Gasteiger charge is -2.05. The molecule has 0 unspecified atom stereocenters. The summed E-state index contributed by atoms with van der Waals surface area (Å²) in [5.41, 5.74) is 2.88. The number of rotatable bonds is 4. The maximum absolute atomic E-state index is 13.1. The van der Waals surface area contributed by atoms with Gasteiger partial charge in [0.15, 0.2) is 0 Å². The van der Waals surface area contributed by atoms with Crippen molar-refractivity contribution in [1.82, 2.24) is 4.98 Å². The van der Waals surface area contributed by atoms with Crippen LogP contribution in [0.2, 0.25) is 5.02 Å². The maximum Gasteiger partial charge on any atom is 0.141 e. The van der Waals surface area contributed by atoms with Crippen molar-refractivity contribution in [1.29, 1.82) is 0 Å². The summed E-state index contributed by atoms with van der Waals surface area (Å²) < 4.78 is 13.1. The highest BCUT2D eigenvalue weighted by atomic mass is 35.5. The van der Waals surface area contributed by atoms with E-state index in [9.17, 15) is 4.39 Å². The summed E-state index contributed by atoms with van der Waals surface area (Å²) >= 11 is 9.02. The van der Waals surface area contributed by atoms with E-state index < -0.39 is 5.82 Å². The molecule has 0 spiro atoms. The van der Waals surface area contributed by atoms with Crippen molar-refractivity contribution in [2.45, 2.75) is 6.54 Å². The second-order valence-electron chi connectivity index (χ2n) is 4.14. The Morgan fingerprint density at radius 2 is 2.15 bits per heavy atom. The summed E-state index contributed by atoms with van der Waals surface area (Å²) in [6, 6.07) is 6.64. The van der Waals surface area contributed by atoms with Crippen LogP contribution in [-0.4, -0.2) is 4.98 Å². The van der Waals surface area contributed by atoms with Crippen LogP contribution in [0.1, 0.15) is 5.69 Å². The fourth-order valence-corrected chi connectivity index (χ4v) is 3.42. The molecule has 20 heavy (non-hydrogen) atoms. The van der Waals surface area contributed by atoms with Crippen LogP contribution in [0.25, 0.3) is 10.6 Å². The molecule has 0 fully saturated rings. The summed E-state index contributed by atoms with van der Waals surface area (Å²) in [5.74, 6) is -0.411. The lowest BCUT2D eigenvalue weighted by molar-refractivity contribution is 0.628. The quantitative estimate of drug-likeness (QED) is 0.706. The summed E-state index contributed by atoms with van der Waals surface area (Å²) in [6.45, 7) is 0.586. The van der Waals surface area contributed by atoms with E-state index in [4.69, 9.17) is 11.6 Å². The van der Waals surface area contributed by atoms with Crippen molar-refractivity contribution >= 4 is 40.0 Å². The predicted octanol–water partition coefficient (Wildman–Crippen LogP) is 5.28. The van der Waals surface area contributed by atoms with Gasteiger partial charge >= 0.3 is 0 Å². The minimum atomic E-state index is -0.411. The van der Waals surface area contributed by atoms with Gasteiger partial charge in [0.05, 0.1) is 17.3 Å². The Morgan fingerprint density at radius 3 is 2.90 bits per heavy atom. The number of nitrogens with one attached hydrogen (secondary N) is 1. The molecule has 1 aromatic carbocycles. The SMILES string of the molecule is Fc1ccc(NCc2csc(-c3ccsc3)n2)cc1Cl.